The predicted molar refractivity (Wildman–Crippen MR) is 47.5 cm³/mol. The van der Waals surface area contributed by atoms with E-state index < -0.39 is 17.9 Å². The minimum absolute atomic E-state index is 0.154. The van der Waals surface area contributed by atoms with Crippen molar-refractivity contribution in [1.29, 1.82) is 0 Å². The van der Waals surface area contributed by atoms with Crippen LogP contribution in [0.1, 0.15) is 33.6 Å². The van der Waals surface area contributed by atoms with Gasteiger partial charge in [0.25, 0.3) is 0 Å². The van der Waals surface area contributed by atoms with Crippen molar-refractivity contribution in [2.24, 2.45) is 11.3 Å². The molecule has 0 aromatic rings. The second kappa shape index (κ2) is 4.25. The average Bonchev–Trinajstić information content (AvgIpc) is 1.81. The van der Waals surface area contributed by atoms with Gasteiger partial charge in [-0.1, -0.05) is 20.8 Å². The highest BCUT2D eigenvalue weighted by Gasteiger charge is 2.26. The molecule has 76 valence electrons. The van der Waals surface area contributed by atoms with Gasteiger partial charge in [0.2, 0.25) is 0 Å². The maximum atomic E-state index is 10.6. The fraction of sp³-hybridized carbons (Fsp3) is 0.778. The van der Waals surface area contributed by atoms with Gasteiger partial charge in [-0.2, -0.15) is 0 Å². The molecule has 1 unspecified atom stereocenters. The van der Waals surface area contributed by atoms with Crippen LogP contribution in [0.25, 0.3) is 0 Å². The molecule has 0 aliphatic heterocycles. The molecule has 0 heterocycles. The first-order chi connectivity index (χ1) is 5.72. The Morgan fingerprint density at radius 2 is 1.69 bits per heavy atom. The van der Waals surface area contributed by atoms with Gasteiger partial charge in [0, 0.05) is 0 Å². The van der Waals surface area contributed by atoms with Gasteiger partial charge in [0.15, 0.2) is 0 Å². The Bertz CT molecular complexity index is 202. The van der Waals surface area contributed by atoms with Crippen molar-refractivity contribution in [1.82, 2.24) is 0 Å². The van der Waals surface area contributed by atoms with Crippen LogP contribution in [0.2, 0.25) is 0 Å². The summed E-state index contributed by atoms with van der Waals surface area (Å²) in [5.74, 6) is -2.87. The molecule has 0 bridgehead atoms. The zero-order valence-corrected chi connectivity index (χ0v) is 8.20. The van der Waals surface area contributed by atoms with Gasteiger partial charge in [0.05, 0.1) is 12.3 Å². The zero-order valence-electron chi connectivity index (χ0n) is 8.20. The van der Waals surface area contributed by atoms with Crippen LogP contribution in [0.3, 0.4) is 0 Å². The van der Waals surface area contributed by atoms with Gasteiger partial charge in [-0.05, 0) is 11.8 Å². The third-order valence-corrected chi connectivity index (χ3v) is 1.63. The minimum Gasteiger partial charge on any atom is -0.481 e. The summed E-state index contributed by atoms with van der Waals surface area (Å²) in [4.78, 5) is 21.0. The van der Waals surface area contributed by atoms with Crippen LogP contribution in [0, 0.1) is 11.3 Å². The molecule has 0 amide bonds. The molecule has 13 heavy (non-hydrogen) atoms. The molecule has 2 N–H and O–H groups in total. The first kappa shape index (κ1) is 11.9. The highest BCUT2D eigenvalue weighted by atomic mass is 16.4. The summed E-state index contributed by atoms with van der Waals surface area (Å²) >= 11 is 0. The van der Waals surface area contributed by atoms with E-state index in [4.69, 9.17) is 10.2 Å². The van der Waals surface area contributed by atoms with Gasteiger partial charge in [-0.25, -0.2) is 0 Å². The molecule has 0 fully saturated rings. The Labute approximate surface area is 77.6 Å². The fourth-order valence-corrected chi connectivity index (χ4v) is 1.20. The Balaban J connectivity index is 4.27. The third kappa shape index (κ3) is 6.13. The van der Waals surface area contributed by atoms with Crippen molar-refractivity contribution < 1.29 is 19.8 Å². The maximum absolute atomic E-state index is 10.6. The third-order valence-electron chi connectivity index (χ3n) is 1.63. The van der Waals surface area contributed by atoms with E-state index in [9.17, 15) is 9.59 Å². The van der Waals surface area contributed by atoms with Crippen molar-refractivity contribution in [3.63, 3.8) is 0 Å². The highest BCUT2D eigenvalue weighted by molar-refractivity contribution is 5.77. The molecule has 1 atom stereocenters. The van der Waals surface area contributed by atoms with E-state index in [1.165, 1.54) is 0 Å². The number of aliphatic carboxylic acids is 2. The van der Waals surface area contributed by atoms with Crippen LogP contribution in [-0.4, -0.2) is 22.2 Å². The average molecular weight is 188 g/mol. The highest BCUT2D eigenvalue weighted by Crippen LogP contribution is 2.26. The summed E-state index contributed by atoms with van der Waals surface area (Å²) in [7, 11) is 0. The van der Waals surface area contributed by atoms with Gasteiger partial charge >= 0.3 is 11.9 Å². The summed E-state index contributed by atoms with van der Waals surface area (Å²) in [5, 5.41) is 17.2. The minimum atomic E-state index is -1.06. The van der Waals surface area contributed by atoms with Crippen molar-refractivity contribution in [2.75, 3.05) is 0 Å². The maximum Gasteiger partial charge on any atom is 0.307 e. The fourth-order valence-electron chi connectivity index (χ4n) is 1.20. The second-order valence-corrected chi connectivity index (χ2v) is 4.40. The van der Waals surface area contributed by atoms with E-state index in [0.29, 0.717) is 6.42 Å². The molecule has 0 aliphatic rings. The summed E-state index contributed by atoms with van der Waals surface area (Å²) in [6.45, 7) is 5.68. The number of carbonyl (C=O) groups is 2. The molecule has 0 radical (unpaired) electrons. The second-order valence-electron chi connectivity index (χ2n) is 4.40. The summed E-state index contributed by atoms with van der Waals surface area (Å²) in [6, 6.07) is 0. The topological polar surface area (TPSA) is 74.6 Å². The van der Waals surface area contributed by atoms with E-state index in [2.05, 4.69) is 0 Å². The lowest BCUT2D eigenvalue weighted by molar-refractivity contribution is -0.149. The van der Waals surface area contributed by atoms with E-state index in [1.54, 1.807) is 0 Å². The van der Waals surface area contributed by atoms with Crippen molar-refractivity contribution in [3.05, 3.63) is 0 Å². The van der Waals surface area contributed by atoms with Crippen molar-refractivity contribution in [2.45, 2.75) is 33.6 Å². The Morgan fingerprint density at radius 1 is 1.23 bits per heavy atom. The largest absolute Gasteiger partial charge is 0.481 e. The number of carboxylic acid groups (broad SMARTS) is 2. The molecular weight excluding hydrogens is 172 g/mol. The number of rotatable bonds is 4. The van der Waals surface area contributed by atoms with Gasteiger partial charge in [0.1, 0.15) is 0 Å². The van der Waals surface area contributed by atoms with E-state index in [-0.39, 0.29) is 11.8 Å². The smallest absolute Gasteiger partial charge is 0.307 e. The van der Waals surface area contributed by atoms with Crippen molar-refractivity contribution in [3.8, 4) is 0 Å². The summed E-state index contributed by atoms with van der Waals surface area (Å²) in [5.41, 5.74) is -0.154. The van der Waals surface area contributed by atoms with Gasteiger partial charge in [-0.15, -0.1) is 0 Å². The molecule has 0 aromatic heterocycles. The quantitative estimate of drug-likeness (QED) is 0.702. The zero-order chi connectivity index (χ0) is 10.6. The predicted octanol–water partition coefficient (Wildman–Crippen LogP) is 1.60. The van der Waals surface area contributed by atoms with Crippen molar-refractivity contribution >= 4 is 11.9 Å². The number of hydrogen-bond acceptors (Lipinski definition) is 2. The van der Waals surface area contributed by atoms with Gasteiger partial charge in [-0.3, -0.25) is 9.59 Å². The molecule has 0 spiro atoms. The molecule has 0 rings (SSSR count). The molecule has 0 aliphatic carbocycles. The monoisotopic (exact) mass is 188 g/mol. The molecule has 4 heteroatoms. The van der Waals surface area contributed by atoms with E-state index in [1.807, 2.05) is 20.8 Å². The van der Waals surface area contributed by atoms with E-state index in [0.717, 1.165) is 0 Å². The molecule has 4 nitrogen and oxygen atoms in total. The number of carboxylic acids is 2. The first-order valence-electron chi connectivity index (χ1n) is 4.17. The van der Waals surface area contributed by atoms with Crippen LogP contribution in [-0.2, 0) is 9.59 Å². The van der Waals surface area contributed by atoms with Crippen LogP contribution in [0.15, 0.2) is 0 Å². The lowest BCUT2D eigenvalue weighted by atomic mass is 9.83. The Hall–Kier alpha value is -1.06. The standard InChI is InChI=1S/C9H16O4/c1-9(2,3)5-6(8(12)13)4-7(10)11/h6H,4-5H2,1-3H3,(H,10,11)(H,12,13). The first-order valence-corrected chi connectivity index (χ1v) is 4.17. The summed E-state index contributed by atoms with van der Waals surface area (Å²) in [6.07, 6.45) is 0.0846. The Morgan fingerprint density at radius 3 is 1.92 bits per heavy atom. The lowest BCUT2D eigenvalue weighted by Crippen LogP contribution is -2.23. The normalized spacial score (nSPS) is 13.8. The molecule has 0 saturated carbocycles. The van der Waals surface area contributed by atoms with Crippen LogP contribution < -0.4 is 0 Å². The van der Waals surface area contributed by atoms with Crippen LogP contribution >= 0.6 is 0 Å². The molecule has 0 saturated heterocycles. The van der Waals surface area contributed by atoms with Crippen LogP contribution in [0.4, 0.5) is 0 Å². The number of hydrogen-bond donors (Lipinski definition) is 2. The summed E-state index contributed by atoms with van der Waals surface area (Å²) < 4.78 is 0. The Kier molecular flexibility index (Phi) is 3.91. The van der Waals surface area contributed by atoms with E-state index >= 15 is 0 Å². The lowest BCUT2D eigenvalue weighted by Gasteiger charge is -2.21. The van der Waals surface area contributed by atoms with Gasteiger partial charge < -0.3 is 10.2 Å². The van der Waals surface area contributed by atoms with Crippen LogP contribution in [0.5, 0.6) is 0 Å². The molecule has 0 aromatic carbocycles. The SMILES string of the molecule is CC(C)(C)CC(CC(=O)O)C(=O)O. The molecular formula is C9H16O4.